The summed E-state index contributed by atoms with van der Waals surface area (Å²) < 4.78 is 4.92. The summed E-state index contributed by atoms with van der Waals surface area (Å²) in [6.45, 7) is 1.28. The van der Waals surface area contributed by atoms with E-state index in [2.05, 4.69) is 12.1 Å². The third kappa shape index (κ3) is 4.80. The van der Waals surface area contributed by atoms with Crippen molar-refractivity contribution >= 4 is 17.4 Å². The van der Waals surface area contributed by atoms with Gasteiger partial charge in [-0.1, -0.05) is 54.1 Å². The molecular formula is C17H17ClO2. The predicted molar refractivity (Wildman–Crippen MR) is 81.9 cm³/mol. The predicted octanol–water partition coefficient (Wildman–Crippen LogP) is 4.37. The number of carbonyl (C=O) groups is 1. The number of hydrogen-bond acceptors (Lipinski definition) is 2. The zero-order valence-electron chi connectivity index (χ0n) is 11.2. The number of ketones is 1. The van der Waals surface area contributed by atoms with Crippen molar-refractivity contribution in [2.75, 3.05) is 13.2 Å². The lowest BCUT2D eigenvalue weighted by Crippen LogP contribution is -2.14. The fourth-order valence-electron chi connectivity index (χ4n) is 1.87. The Morgan fingerprint density at radius 3 is 1.85 bits per heavy atom. The molecule has 1 heterocycles. The normalized spacial score (nSPS) is 14.3. The highest BCUT2D eigenvalue weighted by Crippen LogP contribution is 2.20. The summed E-state index contributed by atoms with van der Waals surface area (Å²) in [5, 5.41) is 0.777. The molecule has 1 aliphatic rings. The van der Waals surface area contributed by atoms with Gasteiger partial charge in [-0.25, -0.2) is 0 Å². The van der Waals surface area contributed by atoms with E-state index in [0.29, 0.717) is 31.8 Å². The first-order valence-electron chi connectivity index (χ1n) is 6.66. The van der Waals surface area contributed by atoms with Crippen LogP contribution in [0.2, 0.25) is 5.02 Å². The maximum absolute atomic E-state index is 10.4. The number of carbonyl (C=O) groups excluding carboxylic acids is 1. The summed E-state index contributed by atoms with van der Waals surface area (Å²) in [6, 6.07) is 18.1. The van der Waals surface area contributed by atoms with Gasteiger partial charge in [0.05, 0.1) is 13.2 Å². The second kappa shape index (κ2) is 7.83. The van der Waals surface area contributed by atoms with Gasteiger partial charge >= 0.3 is 0 Å². The van der Waals surface area contributed by atoms with E-state index in [9.17, 15) is 4.79 Å². The maximum atomic E-state index is 10.4. The number of Topliss-reactive ketones (excluding diaryl/α,β-unsaturated/α-hetero) is 1. The lowest BCUT2D eigenvalue weighted by Gasteiger charge is -2.07. The van der Waals surface area contributed by atoms with E-state index < -0.39 is 0 Å². The van der Waals surface area contributed by atoms with Gasteiger partial charge in [-0.05, 0) is 23.3 Å². The average molecular weight is 289 g/mol. The Kier molecular flexibility index (Phi) is 5.78. The molecule has 2 aromatic rings. The molecule has 1 fully saturated rings. The molecule has 0 amide bonds. The third-order valence-corrected chi connectivity index (χ3v) is 3.25. The molecule has 0 saturated carbocycles. The van der Waals surface area contributed by atoms with Gasteiger partial charge in [0.2, 0.25) is 0 Å². The van der Waals surface area contributed by atoms with Crippen molar-refractivity contribution in [1.29, 1.82) is 0 Å². The Labute approximate surface area is 124 Å². The van der Waals surface area contributed by atoms with Gasteiger partial charge in [-0.3, -0.25) is 4.79 Å². The Hall–Kier alpha value is -1.64. The molecule has 0 bridgehead atoms. The zero-order chi connectivity index (χ0) is 14.2. The molecule has 0 aliphatic carbocycles. The minimum absolute atomic E-state index is 0.339. The van der Waals surface area contributed by atoms with Gasteiger partial charge < -0.3 is 4.74 Å². The molecule has 0 N–H and O–H groups in total. The van der Waals surface area contributed by atoms with Crippen molar-refractivity contribution in [1.82, 2.24) is 0 Å². The lowest BCUT2D eigenvalue weighted by atomic mass is 10.1. The first-order chi connectivity index (χ1) is 9.75. The molecule has 3 heteroatoms. The summed E-state index contributed by atoms with van der Waals surface area (Å²) in [6.07, 6.45) is 1.25. The summed E-state index contributed by atoms with van der Waals surface area (Å²) in [5.41, 5.74) is 2.42. The van der Waals surface area contributed by atoms with Gasteiger partial charge in [0.25, 0.3) is 0 Å². The van der Waals surface area contributed by atoms with Crippen LogP contribution < -0.4 is 0 Å². The highest BCUT2D eigenvalue weighted by Gasteiger charge is 2.06. The van der Waals surface area contributed by atoms with Crippen LogP contribution >= 0.6 is 11.6 Å². The average Bonchev–Trinajstić information content (AvgIpc) is 2.50. The van der Waals surface area contributed by atoms with E-state index in [1.165, 1.54) is 11.1 Å². The highest BCUT2D eigenvalue weighted by atomic mass is 35.5. The van der Waals surface area contributed by atoms with Crippen LogP contribution in [0.5, 0.6) is 0 Å². The molecule has 0 spiro atoms. The maximum Gasteiger partial charge on any atom is 0.137 e. The standard InChI is InChI=1S/C12H9Cl.C5H8O2/c13-12-8-6-11(7-9-12)10-4-2-1-3-5-10;6-5-1-3-7-4-2-5/h1-9H;1-4H2. The van der Waals surface area contributed by atoms with Crippen LogP contribution in [0.25, 0.3) is 11.1 Å². The van der Waals surface area contributed by atoms with E-state index in [1.54, 1.807) is 0 Å². The monoisotopic (exact) mass is 288 g/mol. The Morgan fingerprint density at radius 1 is 0.800 bits per heavy atom. The largest absolute Gasteiger partial charge is 0.381 e. The van der Waals surface area contributed by atoms with E-state index in [0.717, 1.165) is 5.02 Å². The minimum Gasteiger partial charge on any atom is -0.381 e. The highest BCUT2D eigenvalue weighted by molar-refractivity contribution is 6.30. The smallest absolute Gasteiger partial charge is 0.137 e. The van der Waals surface area contributed by atoms with Crippen molar-refractivity contribution in [2.45, 2.75) is 12.8 Å². The molecule has 0 unspecified atom stereocenters. The number of benzene rings is 2. The van der Waals surface area contributed by atoms with E-state index >= 15 is 0 Å². The van der Waals surface area contributed by atoms with E-state index in [1.807, 2.05) is 42.5 Å². The molecule has 0 atom stereocenters. The van der Waals surface area contributed by atoms with Gasteiger partial charge in [0, 0.05) is 17.9 Å². The van der Waals surface area contributed by atoms with Crippen LogP contribution in [0.1, 0.15) is 12.8 Å². The Bertz CT molecular complexity index is 527. The number of ether oxygens (including phenoxy) is 1. The molecular weight excluding hydrogens is 272 g/mol. The van der Waals surface area contributed by atoms with Crippen molar-refractivity contribution in [3.63, 3.8) is 0 Å². The summed E-state index contributed by atoms with van der Waals surface area (Å²) >= 11 is 5.80. The SMILES string of the molecule is Clc1ccc(-c2ccccc2)cc1.O=C1CCOCC1. The lowest BCUT2D eigenvalue weighted by molar-refractivity contribution is -0.124. The number of rotatable bonds is 1. The van der Waals surface area contributed by atoms with Crippen LogP contribution in [-0.2, 0) is 9.53 Å². The molecule has 1 aliphatic heterocycles. The molecule has 2 aromatic carbocycles. The molecule has 20 heavy (non-hydrogen) atoms. The van der Waals surface area contributed by atoms with Crippen molar-refractivity contribution in [2.24, 2.45) is 0 Å². The van der Waals surface area contributed by atoms with Gasteiger partial charge in [0.15, 0.2) is 0 Å². The second-order valence-corrected chi connectivity index (χ2v) is 4.96. The van der Waals surface area contributed by atoms with Crippen LogP contribution in [-0.4, -0.2) is 19.0 Å². The van der Waals surface area contributed by atoms with Crippen molar-refractivity contribution < 1.29 is 9.53 Å². The zero-order valence-corrected chi connectivity index (χ0v) is 12.0. The quantitative estimate of drug-likeness (QED) is 0.779. The molecule has 0 aromatic heterocycles. The molecule has 104 valence electrons. The van der Waals surface area contributed by atoms with E-state index in [-0.39, 0.29) is 0 Å². The molecule has 0 radical (unpaired) electrons. The first-order valence-corrected chi connectivity index (χ1v) is 7.04. The van der Waals surface area contributed by atoms with Crippen LogP contribution in [0.3, 0.4) is 0 Å². The molecule has 2 nitrogen and oxygen atoms in total. The van der Waals surface area contributed by atoms with Crippen molar-refractivity contribution in [3.8, 4) is 11.1 Å². The fourth-order valence-corrected chi connectivity index (χ4v) is 2.00. The van der Waals surface area contributed by atoms with Gasteiger partial charge in [-0.2, -0.15) is 0 Å². The van der Waals surface area contributed by atoms with Crippen LogP contribution in [0.15, 0.2) is 54.6 Å². The Balaban J connectivity index is 0.000000178. The topological polar surface area (TPSA) is 26.3 Å². The summed E-state index contributed by atoms with van der Waals surface area (Å²) in [5.74, 6) is 0.339. The minimum atomic E-state index is 0.339. The number of hydrogen-bond donors (Lipinski definition) is 0. The van der Waals surface area contributed by atoms with Crippen molar-refractivity contribution in [3.05, 3.63) is 59.6 Å². The third-order valence-electron chi connectivity index (χ3n) is 3.00. The fraction of sp³-hybridized carbons (Fsp3) is 0.235. The summed E-state index contributed by atoms with van der Waals surface area (Å²) in [4.78, 5) is 10.4. The molecule has 3 rings (SSSR count). The summed E-state index contributed by atoms with van der Waals surface area (Å²) in [7, 11) is 0. The number of halogens is 1. The first kappa shape index (κ1) is 14.8. The second-order valence-electron chi connectivity index (χ2n) is 4.52. The Morgan fingerprint density at radius 2 is 1.35 bits per heavy atom. The molecule has 1 saturated heterocycles. The van der Waals surface area contributed by atoms with E-state index in [4.69, 9.17) is 16.3 Å². The van der Waals surface area contributed by atoms with Gasteiger partial charge in [-0.15, -0.1) is 0 Å². The van der Waals surface area contributed by atoms with Crippen LogP contribution in [0, 0.1) is 0 Å². The van der Waals surface area contributed by atoms with Crippen LogP contribution in [0.4, 0.5) is 0 Å². The van der Waals surface area contributed by atoms with Gasteiger partial charge in [0.1, 0.15) is 5.78 Å².